The molecule has 1 atom stereocenters. The van der Waals surface area contributed by atoms with Crippen molar-refractivity contribution in [3.63, 3.8) is 0 Å². The third-order valence-corrected chi connectivity index (χ3v) is 8.17. The smallest absolute Gasteiger partial charge is 0.254 e. The Balaban J connectivity index is 1.50. The third-order valence-electron chi connectivity index (χ3n) is 5.07. The Kier molecular flexibility index (Phi) is 5.46. The number of carbonyl (C=O) groups is 1. The largest absolute Gasteiger partial charge is 0.497 e. The number of hydrogen-bond acceptors (Lipinski definition) is 4. The van der Waals surface area contributed by atoms with Gasteiger partial charge in [0, 0.05) is 23.6 Å². The van der Waals surface area contributed by atoms with Crippen molar-refractivity contribution in [1.82, 2.24) is 4.90 Å². The van der Waals surface area contributed by atoms with E-state index >= 15 is 0 Å². The van der Waals surface area contributed by atoms with Crippen LogP contribution in [0, 0.1) is 0 Å². The zero-order valence-corrected chi connectivity index (χ0v) is 16.5. The molecule has 0 aliphatic carbocycles. The van der Waals surface area contributed by atoms with Crippen LogP contribution in [0.1, 0.15) is 45.0 Å². The number of rotatable bonds is 4. The SMILES string of the molecule is COc1ccc(C2CCCN2C(=O)c2ccc(C3SCCS3)cc2)cc1. The van der Waals surface area contributed by atoms with Gasteiger partial charge in [-0.1, -0.05) is 24.3 Å². The highest BCUT2D eigenvalue weighted by Crippen LogP contribution is 2.45. The molecule has 3 nitrogen and oxygen atoms in total. The van der Waals surface area contributed by atoms with Crippen LogP contribution in [0.5, 0.6) is 5.75 Å². The summed E-state index contributed by atoms with van der Waals surface area (Å²) in [4.78, 5) is 15.1. The number of likely N-dealkylation sites (tertiary alicyclic amines) is 1. The summed E-state index contributed by atoms with van der Waals surface area (Å²) < 4.78 is 5.77. The molecule has 0 bridgehead atoms. The molecule has 2 aromatic rings. The quantitative estimate of drug-likeness (QED) is 0.728. The fourth-order valence-corrected chi connectivity index (χ4v) is 6.54. The zero-order chi connectivity index (χ0) is 17.9. The second-order valence-electron chi connectivity index (χ2n) is 6.63. The minimum absolute atomic E-state index is 0.140. The van der Waals surface area contributed by atoms with Gasteiger partial charge in [-0.05, 0) is 48.2 Å². The number of methoxy groups -OCH3 is 1. The van der Waals surface area contributed by atoms with E-state index in [2.05, 4.69) is 24.3 Å². The predicted octanol–water partition coefficient (Wildman–Crippen LogP) is 5.15. The second kappa shape index (κ2) is 7.97. The van der Waals surface area contributed by atoms with E-state index in [4.69, 9.17) is 4.74 Å². The third kappa shape index (κ3) is 3.60. The van der Waals surface area contributed by atoms with Crippen molar-refractivity contribution in [3.05, 3.63) is 65.2 Å². The summed E-state index contributed by atoms with van der Waals surface area (Å²) in [7, 11) is 1.67. The molecule has 5 heteroatoms. The zero-order valence-electron chi connectivity index (χ0n) is 14.9. The van der Waals surface area contributed by atoms with Crippen molar-refractivity contribution in [3.8, 4) is 5.75 Å². The number of nitrogens with zero attached hydrogens (tertiary/aromatic N) is 1. The first-order valence-electron chi connectivity index (χ1n) is 9.04. The first-order valence-corrected chi connectivity index (χ1v) is 11.1. The van der Waals surface area contributed by atoms with Crippen LogP contribution in [0.4, 0.5) is 0 Å². The summed E-state index contributed by atoms with van der Waals surface area (Å²) >= 11 is 3.99. The summed E-state index contributed by atoms with van der Waals surface area (Å²) in [6, 6.07) is 16.5. The Morgan fingerprint density at radius 2 is 1.65 bits per heavy atom. The molecule has 0 spiro atoms. The fraction of sp³-hybridized carbons (Fsp3) is 0.381. The molecule has 0 N–H and O–H groups in total. The Bertz CT molecular complexity index is 755. The Morgan fingerprint density at radius 1 is 1.00 bits per heavy atom. The summed E-state index contributed by atoms with van der Waals surface area (Å²) in [6.07, 6.45) is 2.07. The van der Waals surface area contributed by atoms with Crippen LogP contribution >= 0.6 is 23.5 Å². The van der Waals surface area contributed by atoms with Crippen LogP contribution in [-0.4, -0.2) is 36.0 Å². The highest BCUT2D eigenvalue weighted by Gasteiger charge is 2.30. The van der Waals surface area contributed by atoms with Crippen LogP contribution < -0.4 is 4.74 Å². The van der Waals surface area contributed by atoms with Gasteiger partial charge in [-0.25, -0.2) is 0 Å². The summed E-state index contributed by atoms with van der Waals surface area (Å²) in [5.41, 5.74) is 3.30. The predicted molar refractivity (Wildman–Crippen MR) is 110 cm³/mol. The topological polar surface area (TPSA) is 29.5 Å². The van der Waals surface area contributed by atoms with Gasteiger partial charge in [0.05, 0.1) is 17.7 Å². The highest BCUT2D eigenvalue weighted by molar-refractivity contribution is 8.19. The second-order valence-corrected chi connectivity index (χ2v) is 9.35. The minimum Gasteiger partial charge on any atom is -0.497 e. The maximum Gasteiger partial charge on any atom is 0.254 e. The van der Waals surface area contributed by atoms with E-state index in [1.54, 1.807) is 7.11 Å². The average molecular weight is 386 g/mol. The first kappa shape index (κ1) is 17.8. The molecule has 136 valence electrons. The molecule has 26 heavy (non-hydrogen) atoms. The molecule has 2 aliphatic rings. The number of amides is 1. The molecule has 0 saturated carbocycles. The molecule has 4 rings (SSSR count). The molecule has 2 aliphatic heterocycles. The lowest BCUT2D eigenvalue weighted by atomic mass is 10.0. The molecule has 2 heterocycles. The van der Waals surface area contributed by atoms with Gasteiger partial charge in [0.25, 0.3) is 5.91 Å². The number of thioether (sulfide) groups is 2. The molecular weight excluding hydrogens is 362 g/mol. The van der Waals surface area contributed by atoms with Gasteiger partial charge in [0.1, 0.15) is 5.75 Å². The normalized spacial score (nSPS) is 20.5. The van der Waals surface area contributed by atoms with E-state index in [1.165, 1.54) is 22.6 Å². The van der Waals surface area contributed by atoms with Gasteiger partial charge < -0.3 is 9.64 Å². The first-order chi connectivity index (χ1) is 12.8. The molecule has 2 saturated heterocycles. The van der Waals surface area contributed by atoms with Crippen molar-refractivity contribution in [2.45, 2.75) is 23.5 Å². The van der Waals surface area contributed by atoms with Crippen LogP contribution in [-0.2, 0) is 0 Å². The van der Waals surface area contributed by atoms with Crippen LogP contribution in [0.2, 0.25) is 0 Å². The van der Waals surface area contributed by atoms with Crippen molar-refractivity contribution < 1.29 is 9.53 Å². The van der Waals surface area contributed by atoms with Crippen molar-refractivity contribution in [2.24, 2.45) is 0 Å². The van der Waals surface area contributed by atoms with Gasteiger partial charge in [-0.2, -0.15) is 0 Å². The Hall–Kier alpha value is -1.59. The lowest BCUT2D eigenvalue weighted by Gasteiger charge is -2.25. The fourth-order valence-electron chi connectivity index (χ4n) is 3.68. The molecule has 1 unspecified atom stereocenters. The summed E-state index contributed by atoms with van der Waals surface area (Å²) in [5, 5.41) is 0. The van der Waals surface area contributed by atoms with E-state index in [0.717, 1.165) is 30.7 Å². The number of ether oxygens (including phenoxy) is 1. The van der Waals surface area contributed by atoms with Crippen molar-refractivity contribution in [2.75, 3.05) is 25.2 Å². The number of benzene rings is 2. The van der Waals surface area contributed by atoms with E-state index < -0.39 is 0 Å². The lowest BCUT2D eigenvalue weighted by Crippen LogP contribution is -2.30. The van der Waals surface area contributed by atoms with E-state index in [0.29, 0.717) is 4.58 Å². The van der Waals surface area contributed by atoms with E-state index in [-0.39, 0.29) is 11.9 Å². The summed E-state index contributed by atoms with van der Waals surface area (Å²) in [5.74, 6) is 3.42. The van der Waals surface area contributed by atoms with Gasteiger partial charge in [0.2, 0.25) is 0 Å². The molecule has 1 amide bonds. The number of hydrogen-bond donors (Lipinski definition) is 0. The maximum atomic E-state index is 13.1. The van der Waals surface area contributed by atoms with Gasteiger partial charge in [0.15, 0.2) is 0 Å². The lowest BCUT2D eigenvalue weighted by molar-refractivity contribution is 0.0735. The molecule has 2 fully saturated rings. The number of carbonyl (C=O) groups excluding carboxylic acids is 1. The Labute approximate surface area is 163 Å². The molecule has 0 radical (unpaired) electrons. The molecular formula is C21H23NO2S2. The monoisotopic (exact) mass is 385 g/mol. The minimum atomic E-state index is 0.140. The molecule has 0 aromatic heterocycles. The molecule has 2 aromatic carbocycles. The van der Waals surface area contributed by atoms with Gasteiger partial charge in [-0.15, -0.1) is 23.5 Å². The Morgan fingerprint density at radius 3 is 2.31 bits per heavy atom. The summed E-state index contributed by atoms with van der Waals surface area (Å²) in [6.45, 7) is 0.825. The van der Waals surface area contributed by atoms with Gasteiger partial charge >= 0.3 is 0 Å². The maximum absolute atomic E-state index is 13.1. The highest BCUT2D eigenvalue weighted by atomic mass is 32.2. The van der Waals surface area contributed by atoms with Gasteiger partial charge in [-0.3, -0.25) is 4.79 Å². The van der Waals surface area contributed by atoms with E-state index in [9.17, 15) is 4.79 Å². The average Bonchev–Trinajstić information content (AvgIpc) is 3.40. The van der Waals surface area contributed by atoms with Crippen LogP contribution in [0.25, 0.3) is 0 Å². The van der Waals surface area contributed by atoms with Crippen LogP contribution in [0.3, 0.4) is 0 Å². The van der Waals surface area contributed by atoms with Crippen molar-refractivity contribution in [1.29, 1.82) is 0 Å². The van der Waals surface area contributed by atoms with E-state index in [1.807, 2.05) is 52.7 Å². The standard InChI is InChI=1S/C21H23NO2S2/c1-24-18-10-8-15(9-11-18)19-3-2-12-22(19)20(23)16-4-6-17(7-5-16)21-25-13-14-26-21/h4-11,19,21H,2-3,12-14H2,1H3. The van der Waals surface area contributed by atoms with Crippen molar-refractivity contribution >= 4 is 29.4 Å². The van der Waals surface area contributed by atoms with Crippen LogP contribution in [0.15, 0.2) is 48.5 Å².